The molecule has 6 heteroatoms. The van der Waals surface area contributed by atoms with Crippen LogP contribution in [0, 0.1) is 6.92 Å². The molecule has 3 heterocycles. The van der Waals surface area contributed by atoms with Gasteiger partial charge in [-0.2, -0.15) is 5.10 Å². The third-order valence-corrected chi connectivity index (χ3v) is 5.33. The van der Waals surface area contributed by atoms with Crippen molar-refractivity contribution in [2.45, 2.75) is 25.7 Å². The van der Waals surface area contributed by atoms with E-state index < -0.39 is 0 Å². The van der Waals surface area contributed by atoms with Crippen LogP contribution in [0.5, 0.6) is 0 Å². The van der Waals surface area contributed by atoms with E-state index in [-0.39, 0.29) is 10.6 Å². The summed E-state index contributed by atoms with van der Waals surface area (Å²) in [5.41, 5.74) is 4.29. The van der Waals surface area contributed by atoms with Crippen LogP contribution in [0.3, 0.4) is 0 Å². The molecule has 0 bridgehead atoms. The standard InChI is InChI=1S/C18H19ClN4O/c1-11-16(13-4-2-3-5-14(13)21-11)12-6-8-23(9-7-12)15-10-20-22-18(24)17(15)19/h2-5,10,12,21H,6-9H2,1H3,(H,22,24). The predicted octanol–water partition coefficient (Wildman–Crippen LogP) is 3.60. The van der Waals surface area contributed by atoms with Crippen LogP contribution < -0.4 is 10.5 Å². The number of nitrogens with one attached hydrogen (secondary N) is 2. The lowest BCUT2D eigenvalue weighted by Crippen LogP contribution is -2.34. The van der Waals surface area contributed by atoms with Crippen molar-refractivity contribution in [3.05, 3.63) is 57.1 Å². The minimum atomic E-state index is -0.330. The first kappa shape index (κ1) is 15.3. The van der Waals surface area contributed by atoms with Crippen molar-refractivity contribution in [2.24, 2.45) is 0 Å². The van der Waals surface area contributed by atoms with Crippen LogP contribution in [0.15, 0.2) is 35.3 Å². The summed E-state index contributed by atoms with van der Waals surface area (Å²) in [4.78, 5) is 17.3. The maximum Gasteiger partial charge on any atom is 0.285 e. The Bertz CT molecular complexity index is 938. The number of piperidine rings is 1. The van der Waals surface area contributed by atoms with Gasteiger partial charge in [0.05, 0.1) is 11.9 Å². The number of aromatic amines is 2. The molecule has 1 aliphatic rings. The summed E-state index contributed by atoms with van der Waals surface area (Å²) < 4.78 is 0. The van der Waals surface area contributed by atoms with Gasteiger partial charge in [0.15, 0.2) is 0 Å². The number of H-pyrrole nitrogens is 2. The van der Waals surface area contributed by atoms with Crippen molar-refractivity contribution in [1.29, 1.82) is 0 Å². The number of nitrogens with zero attached hydrogens (tertiary/aromatic N) is 2. The van der Waals surface area contributed by atoms with E-state index in [1.54, 1.807) is 6.20 Å². The van der Waals surface area contributed by atoms with E-state index in [1.807, 2.05) is 0 Å². The second kappa shape index (κ2) is 5.98. The lowest BCUT2D eigenvalue weighted by molar-refractivity contribution is 0.505. The Hall–Kier alpha value is -2.27. The van der Waals surface area contributed by atoms with Gasteiger partial charge in [-0.05, 0) is 37.3 Å². The Morgan fingerprint density at radius 3 is 2.79 bits per heavy atom. The molecule has 24 heavy (non-hydrogen) atoms. The maximum atomic E-state index is 11.6. The van der Waals surface area contributed by atoms with E-state index in [0.717, 1.165) is 31.6 Å². The van der Waals surface area contributed by atoms with E-state index >= 15 is 0 Å². The zero-order chi connectivity index (χ0) is 16.7. The van der Waals surface area contributed by atoms with Crippen molar-refractivity contribution in [3.8, 4) is 0 Å². The van der Waals surface area contributed by atoms with Gasteiger partial charge >= 0.3 is 0 Å². The highest BCUT2D eigenvalue weighted by Gasteiger charge is 2.26. The first-order valence-electron chi connectivity index (χ1n) is 8.20. The highest BCUT2D eigenvalue weighted by atomic mass is 35.5. The van der Waals surface area contributed by atoms with Crippen LogP contribution in [0.4, 0.5) is 5.69 Å². The number of hydrogen-bond donors (Lipinski definition) is 2. The fourth-order valence-electron chi connectivity index (χ4n) is 3.83. The van der Waals surface area contributed by atoms with E-state index in [1.165, 1.54) is 22.2 Å². The van der Waals surface area contributed by atoms with Crippen LogP contribution >= 0.6 is 11.6 Å². The van der Waals surface area contributed by atoms with Crippen molar-refractivity contribution in [3.63, 3.8) is 0 Å². The van der Waals surface area contributed by atoms with Crippen molar-refractivity contribution < 1.29 is 0 Å². The largest absolute Gasteiger partial charge is 0.369 e. The zero-order valence-corrected chi connectivity index (χ0v) is 14.2. The van der Waals surface area contributed by atoms with Gasteiger partial charge in [-0.15, -0.1) is 0 Å². The predicted molar refractivity (Wildman–Crippen MR) is 97.1 cm³/mol. The molecule has 0 amide bonds. The first-order chi connectivity index (χ1) is 11.6. The van der Waals surface area contributed by atoms with Crippen LogP contribution in [0.1, 0.15) is 30.0 Å². The average molecular weight is 343 g/mol. The summed E-state index contributed by atoms with van der Waals surface area (Å²) in [6, 6.07) is 8.48. The normalized spacial score (nSPS) is 16.0. The molecule has 1 fully saturated rings. The van der Waals surface area contributed by atoms with Gasteiger partial charge in [-0.1, -0.05) is 29.8 Å². The molecule has 1 aromatic carbocycles. The molecule has 0 saturated carbocycles. The Morgan fingerprint density at radius 2 is 2.00 bits per heavy atom. The zero-order valence-electron chi connectivity index (χ0n) is 13.5. The number of halogens is 1. The molecule has 4 rings (SSSR count). The molecule has 0 atom stereocenters. The van der Waals surface area contributed by atoms with Gasteiger partial charge in [-0.25, -0.2) is 5.10 Å². The first-order valence-corrected chi connectivity index (χ1v) is 8.58. The molecule has 1 aliphatic heterocycles. The summed E-state index contributed by atoms with van der Waals surface area (Å²) in [5.74, 6) is 0.520. The third-order valence-electron chi connectivity index (χ3n) is 4.96. The molecule has 0 unspecified atom stereocenters. The SMILES string of the molecule is Cc1[nH]c2ccccc2c1C1CCN(c2cn[nH]c(=O)c2Cl)CC1. The molecule has 124 valence electrons. The molecule has 0 spiro atoms. The average Bonchev–Trinajstić information content (AvgIpc) is 2.93. The van der Waals surface area contributed by atoms with Crippen LogP contribution in [-0.2, 0) is 0 Å². The van der Waals surface area contributed by atoms with Crippen molar-refractivity contribution in [2.75, 3.05) is 18.0 Å². The van der Waals surface area contributed by atoms with E-state index in [4.69, 9.17) is 11.6 Å². The van der Waals surface area contributed by atoms with E-state index in [0.29, 0.717) is 5.92 Å². The molecule has 0 aliphatic carbocycles. The molecular weight excluding hydrogens is 324 g/mol. The summed E-state index contributed by atoms with van der Waals surface area (Å²) >= 11 is 6.14. The Balaban J connectivity index is 1.59. The molecule has 5 nitrogen and oxygen atoms in total. The van der Waals surface area contributed by atoms with Gasteiger partial charge in [0.2, 0.25) is 0 Å². The number of para-hydroxylation sites is 1. The monoisotopic (exact) mass is 342 g/mol. The maximum absolute atomic E-state index is 11.6. The summed E-state index contributed by atoms with van der Waals surface area (Å²) in [5, 5.41) is 7.80. The quantitative estimate of drug-likeness (QED) is 0.748. The Morgan fingerprint density at radius 1 is 1.25 bits per heavy atom. The third kappa shape index (κ3) is 2.49. The molecule has 3 aromatic rings. The fraction of sp³-hybridized carbons (Fsp3) is 0.333. The smallest absolute Gasteiger partial charge is 0.285 e. The Kier molecular flexibility index (Phi) is 3.81. The van der Waals surface area contributed by atoms with Crippen LogP contribution in [-0.4, -0.2) is 28.3 Å². The van der Waals surface area contributed by atoms with E-state index in [9.17, 15) is 4.79 Å². The van der Waals surface area contributed by atoms with E-state index in [2.05, 4.69) is 51.3 Å². The molecule has 2 N–H and O–H groups in total. The minimum absolute atomic E-state index is 0.228. The van der Waals surface area contributed by atoms with Gasteiger partial charge in [0.25, 0.3) is 5.56 Å². The highest BCUT2D eigenvalue weighted by molar-refractivity contribution is 6.33. The number of anilines is 1. The number of benzene rings is 1. The van der Waals surface area contributed by atoms with Gasteiger partial charge in [0, 0.05) is 29.7 Å². The molecule has 0 radical (unpaired) electrons. The minimum Gasteiger partial charge on any atom is -0.369 e. The second-order valence-electron chi connectivity index (χ2n) is 6.37. The number of fused-ring (bicyclic) bond motifs is 1. The van der Waals surface area contributed by atoms with Gasteiger partial charge < -0.3 is 9.88 Å². The lowest BCUT2D eigenvalue weighted by Gasteiger charge is -2.34. The van der Waals surface area contributed by atoms with Crippen LogP contribution in [0.2, 0.25) is 5.02 Å². The fourth-order valence-corrected chi connectivity index (χ4v) is 4.04. The second-order valence-corrected chi connectivity index (χ2v) is 6.75. The van der Waals surface area contributed by atoms with Crippen molar-refractivity contribution >= 4 is 28.2 Å². The van der Waals surface area contributed by atoms with Crippen LogP contribution in [0.25, 0.3) is 10.9 Å². The summed E-state index contributed by atoms with van der Waals surface area (Å²) in [6.07, 6.45) is 3.71. The van der Waals surface area contributed by atoms with Gasteiger partial charge in [-0.3, -0.25) is 4.79 Å². The van der Waals surface area contributed by atoms with Gasteiger partial charge in [0.1, 0.15) is 5.02 Å². The molecular formula is C18H19ClN4O. The summed E-state index contributed by atoms with van der Waals surface area (Å²) in [6.45, 7) is 3.89. The number of rotatable bonds is 2. The van der Waals surface area contributed by atoms with Crippen molar-refractivity contribution in [1.82, 2.24) is 15.2 Å². The number of aryl methyl sites for hydroxylation is 1. The topological polar surface area (TPSA) is 64.8 Å². The number of aromatic nitrogens is 3. The summed E-state index contributed by atoms with van der Waals surface area (Å²) in [7, 11) is 0. The lowest BCUT2D eigenvalue weighted by atomic mass is 9.87. The highest BCUT2D eigenvalue weighted by Crippen LogP contribution is 2.37. The Labute approximate surface area is 144 Å². The molecule has 2 aromatic heterocycles. The molecule has 1 saturated heterocycles. The number of hydrogen-bond acceptors (Lipinski definition) is 3.